The molecule has 1 aromatic carbocycles. The normalized spacial score (nSPS) is 24.4. The largest absolute Gasteiger partial charge is 0.434 e. The third-order valence-electron chi connectivity index (χ3n) is 3.73. The van der Waals surface area contributed by atoms with E-state index in [9.17, 15) is 0 Å². The van der Waals surface area contributed by atoms with Crippen molar-refractivity contribution in [3.8, 4) is 0 Å². The number of anilines is 1. The molecule has 0 aliphatic carbocycles. The van der Waals surface area contributed by atoms with Crippen LogP contribution in [-0.2, 0) is 11.2 Å². The lowest BCUT2D eigenvalue weighted by atomic mass is 10.0. The van der Waals surface area contributed by atoms with Crippen molar-refractivity contribution in [1.29, 1.82) is 0 Å². The molecule has 2 aliphatic rings. The van der Waals surface area contributed by atoms with Crippen molar-refractivity contribution in [2.24, 2.45) is 0 Å². The number of ether oxygens (including phenoxy) is 1. The summed E-state index contributed by atoms with van der Waals surface area (Å²) in [6, 6.07) is 6.57. The fraction of sp³-hybridized carbons (Fsp3) is 0.462. The number of fused-ring (bicyclic) bond motifs is 1. The molecular weight excluding hydrogens is 200 g/mol. The zero-order chi connectivity index (χ0) is 11.1. The highest BCUT2D eigenvalue weighted by molar-refractivity contribution is 5.64. The smallest absolute Gasteiger partial charge is 0.110 e. The summed E-state index contributed by atoms with van der Waals surface area (Å²) in [5.41, 5.74) is 4.25. The van der Waals surface area contributed by atoms with Gasteiger partial charge in [0, 0.05) is 37.9 Å². The maximum absolute atomic E-state index is 5.32. The minimum atomic E-state index is 0.417. The molecule has 1 saturated heterocycles. The number of nitrogens with one attached hydrogen (secondary N) is 1. The molecule has 16 heavy (non-hydrogen) atoms. The van der Waals surface area contributed by atoms with Crippen LogP contribution in [0.25, 0.3) is 0 Å². The SMILES string of the molecule is [CH2-][NH+]1CCc2c(N3CC(OC)C3)cccc21. The molecule has 0 saturated carbocycles. The standard InChI is InChI=1S/C13H18N2O/c1-14-7-6-11-12(14)4-3-5-13(11)15-8-10(9-15)16-2/h3-5,10,14H,1,6-9H2,2H3. The second-order valence-electron chi connectivity index (χ2n) is 4.67. The summed E-state index contributed by atoms with van der Waals surface area (Å²) in [7, 11) is 5.92. The molecule has 3 heteroatoms. The van der Waals surface area contributed by atoms with Crippen LogP contribution >= 0.6 is 0 Å². The van der Waals surface area contributed by atoms with E-state index in [0.29, 0.717) is 6.10 Å². The average Bonchev–Trinajstić information content (AvgIpc) is 2.60. The van der Waals surface area contributed by atoms with Crippen molar-refractivity contribution in [3.63, 3.8) is 0 Å². The first-order valence-corrected chi connectivity index (χ1v) is 5.87. The van der Waals surface area contributed by atoms with Gasteiger partial charge in [0.1, 0.15) is 5.69 Å². The van der Waals surface area contributed by atoms with Crippen LogP contribution in [0.5, 0.6) is 0 Å². The van der Waals surface area contributed by atoms with Gasteiger partial charge in [0.15, 0.2) is 0 Å². The monoisotopic (exact) mass is 218 g/mol. The Bertz CT molecular complexity index is 399. The third-order valence-corrected chi connectivity index (χ3v) is 3.73. The molecule has 0 radical (unpaired) electrons. The van der Waals surface area contributed by atoms with E-state index in [2.05, 4.69) is 30.1 Å². The van der Waals surface area contributed by atoms with Gasteiger partial charge in [-0.3, -0.25) is 0 Å². The molecule has 3 nitrogen and oxygen atoms in total. The summed E-state index contributed by atoms with van der Waals surface area (Å²) >= 11 is 0. The molecule has 1 fully saturated rings. The van der Waals surface area contributed by atoms with Crippen molar-refractivity contribution in [3.05, 3.63) is 30.8 Å². The van der Waals surface area contributed by atoms with E-state index in [0.717, 1.165) is 26.1 Å². The van der Waals surface area contributed by atoms with E-state index >= 15 is 0 Å². The highest BCUT2D eigenvalue weighted by Crippen LogP contribution is 2.31. The number of hydrogen-bond donors (Lipinski definition) is 1. The Morgan fingerprint density at radius 3 is 3.00 bits per heavy atom. The minimum Gasteiger partial charge on any atom is -0.434 e. The van der Waals surface area contributed by atoms with Gasteiger partial charge in [0.05, 0.1) is 12.6 Å². The quantitative estimate of drug-likeness (QED) is 0.723. The topological polar surface area (TPSA) is 16.9 Å². The summed E-state index contributed by atoms with van der Waals surface area (Å²) in [5, 5.41) is 0. The molecular formula is C13H18N2O. The third kappa shape index (κ3) is 1.43. The fourth-order valence-corrected chi connectivity index (χ4v) is 2.66. The summed E-state index contributed by atoms with van der Waals surface area (Å²) in [6.45, 7) is 3.17. The first kappa shape index (κ1) is 10.1. The van der Waals surface area contributed by atoms with Crippen molar-refractivity contribution in [1.82, 2.24) is 0 Å². The molecule has 1 N–H and O–H groups in total. The highest BCUT2D eigenvalue weighted by Gasteiger charge is 2.31. The van der Waals surface area contributed by atoms with E-state index in [1.165, 1.54) is 21.8 Å². The molecule has 0 aromatic heterocycles. The molecule has 3 rings (SSSR count). The molecule has 2 heterocycles. The lowest BCUT2D eigenvalue weighted by molar-refractivity contribution is -0.775. The number of rotatable bonds is 2. The Hall–Kier alpha value is -1.06. The fourth-order valence-electron chi connectivity index (χ4n) is 2.66. The van der Waals surface area contributed by atoms with Crippen molar-refractivity contribution in [2.75, 3.05) is 31.6 Å². The Morgan fingerprint density at radius 2 is 2.25 bits per heavy atom. The molecule has 0 bridgehead atoms. The Balaban J connectivity index is 1.87. The maximum Gasteiger partial charge on any atom is 0.110 e. The van der Waals surface area contributed by atoms with Gasteiger partial charge in [-0.15, -0.1) is 7.05 Å². The molecule has 1 aromatic rings. The van der Waals surface area contributed by atoms with Crippen LogP contribution in [0, 0.1) is 7.05 Å². The molecule has 0 spiro atoms. The number of quaternary nitrogens is 1. The van der Waals surface area contributed by atoms with Crippen LogP contribution in [0.4, 0.5) is 11.4 Å². The van der Waals surface area contributed by atoms with Crippen molar-refractivity contribution < 1.29 is 9.64 Å². The summed E-state index contributed by atoms with van der Waals surface area (Å²) in [5.74, 6) is 0. The second kappa shape index (κ2) is 3.75. The van der Waals surface area contributed by atoms with Gasteiger partial charge in [-0.25, -0.2) is 0 Å². The van der Waals surface area contributed by atoms with Gasteiger partial charge in [0.2, 0.25) is 0 Å². The van der Waals surface area contributed by atoms with Gasteiger partial charge in [0.25, 0.3) is 0 Å². The van der Waals surface area contributed by atoms with Crippen LogP contribution in [0.2, 0.25) is 0 Å². The number of methoxy groups -OCH3 is 1. The van der Waals surface area contributed by atoms with Crippen LogP contribution in [0.3, 0.4) is 0 Å². The van der Waals surface area contributed by atoms with E-state index in [-0.39, 0.29) is 0 Å². The lowest BCUT2D eigenvalue weighted by Gasteiger charge is -2.40. The minimum absolute atomic E-state index is 0.417. The predicted octanol–water partition coefficient (Wildman–Crippen LogP) is 0.386. The van der Waals surface area contributed by atoms with E-state index < -0.39 is 0 Å². The second-order valence-corrected chi connectivity index (χ2v) is 4.67. The molecule has 2 aliphatic heterocycles. The Kier molecular flexibility index (Phi) is 2.37. The van der Waals surface area contributed by atoms with Gasteiger partial charge < -0.3 is 14.5 Å². The average molecular weight is 218 g/mol. The van der Waals surface area contributed by atoms with Crippen LogP contribution in [0.15, 0.2) is 18.2 Å². The van der Waals surface area contributed by atoms with Crippen molar-refractivity contribution in [2.45, 2.75) is 12.5 Å². The highest BCUT2D eigenvalue weighted by atomic mass is 16.5. The van der Waals surface area contributed by atoms with Crippen LogP contribution in [-0.4, -0.2) is 32.8 Å². The van der Waals surface area contributed by atoms with E-state index in [4.69, 9.17) is 4.74 Å². The number of hydrogen-bond acceptors (Lipinski definition) is 2. The summed E-state index contributed by atoms with van der Waals surface area (Å²) < 4.78 is 5.32. The van der Waals surface area contributed by atoms with E-state index in [1.54, 1.807) is 7.11 Å². The number of benzene rings is 1. The molecule has 86 valence electrons. The first-order chi connectivity index (χ1) is 7.79. The van der Waals surface area contributed by atoms with Gasteiger partial charge in [-0.05, 0) is 12.1 Å². The predicted molar refractivity (Wildman–Crippen MR) is 64.0 cm³/mol. The van der Waals surface area contributed by atoms with E-state index in [1.807, 2.05) is 0 Å². The van der Waals surface area contributed by atoms with Crippen LogP contribution in [0.1, 0.15) is 5.56 Å². The van der Waals surface area contributed by atoms with Gasteiger partial charge >= 0.3 is 0 Å². The summed E-state index contributed by atoms with van der Waals surface area (Å²) in [4.78, 5) is 3.70. The Morgan fingerprint density at radius 1 is 1.44 bits per heavy atom. The molecule has 1 atom stereocenters. The lowest BCUT2D eigenvalue weighted by Crippen LogP contribution is -3.00. The number of nitrogens with zero attached hydrogens (tertiary/aromatic N) is 1. The summed E-state index contributed by atoms with van der Waals surface area (Å²) in [6.07, 6.45) is 1.57. The zero-order valence-corrected chi connectivity index (χ0v) is 9.70. The van der Waals surface area contributed by atoms with Gasteiger partial charge in [-0.1, -0.05) is 6.07 Å². The Labute approximate surface area is 96.6 Å². The molecule has 1 unspecified atom stereocenters. The zero-order valence-electron chi connectivity index (χ0n) is 9.70. The van der Waals surface area contributed by atoms with Crippen molar-refractivity contribution >= 4 is 11.4 Å². The van der Waals surface area contributed by atoms with Crippen LogP contribution < -0.4 is 9.80 Å². The first-order valence-electron chi connectivity index (χ1n) is 5.87. The maximum atomic E-state index is 5.32. The molecule has 0 amide bonds. The van der Waals surface area contributed by atoms with Gasteiger partial charge in [-0.2, -0.15) is 0 Å².